The average molecular weight is 340 g/mol. The molecule has 0 heterocycles. The van der Waals surface area contributed by atoms with Crippen molar-refractivity contribution >= 4 is 5.91 Å². The van der Waals surface area contributed by atoms with E-state index in [4.69, 9.17) is 10.5 Å². The largest absolute Gasteiger partial charge is 0.488 e. The molecule has 0 aliphatic heterocycles. The van der Waals surface area contributed by atoms with E-state index in [1.165, 1.54) is 12.5 Å². The number of benzene rings is 1. The number of amides is 1. The Bertz CT molecular complexity index is 560. The fourth-order valence-corrected chi connectivity index (χ4v) is 3.27. The number of nitrogens with two attached hydrogens (primary N) is 1. The summed E-state index contributed by atoms with van der Waals surface area (Å²) in [5.41, 5.74) is 5.81. The van der Waals surface area contributed by atoms with Crippen LogP contribution in [-0.4, -0.2) is 25.1 Å². The van der Waals surface area contributed by atoms with Crippen molar-refractivity contribution in [3.8, 4) is 5.75 Å². The molecule has 0 saturated heterocycles. The quantitative estimate of drug-likeness (QED) is 0.801. The summed E-state index contributed by atoms with van der Waals surface area (Å²) in [6.45, 7) is 2.42. The number of carbonyl (C=O) groups is 1. The molecule has 0 radical (unpaired) electrons. The molecule has 1 saturated carbocycles. The zero-order valence-electron chi connectivity index (χ0n) is 14.1. The van der Waals surface area contributed by atoms with Gasteiger partial charge in [0.2, 0.25) is 5.91 Å². The molecule has 1 unspecified atom stereocenters. The van der Waals surface area contributed by atoms with Crippen LogP contribution >= 0.6 is 0 Å². The molecule has 0 aromatic heterocycles. The monoisotopic (exact) mass is 340 g/mol. The van der Waals surface area contributed by atoms with E-state index in [9.17, 15) is 13.6 Å². The number of ether oxygens (including phenoxy) is 1. The Kier molecular flexibility index (Phi) is 6.54. The Hall–Kier alpha value is -1.69. The van der Waals surface area contributed by atoms with Gasteiger partial charge in [-0.25, -0.2) is 8.78 Å². The van der Waals surface area contributed by atoms with Gasteiger partial charge in [-0.05, 0) is 43.9 Å². The van der Waals surface area contributed by atoms with Gasteiger partial charge in [0.1, 0.15) is 12.4 Å². The van der Waals surface area contributed by atoms with E-state index >= 15 is 0 Å². The first-order valence-electron chi connectivity index (χ1n) is 8.51. The van der Waals surface area contributed by atoms with Crippen LogP contribution in [0.25, 0.3) is 0 Å². The third-order valence-electron chi connectivity index (χ3n) is 4.67. The van der Waals surface area contributed by atoms with Crippen LogP contribution in [0.3, 0.4) is 0 Å². The molecule has 3 N–H and O–H groups in total. The summed E-state index contributed by atoms with van der Waals surface area (Å²) < 4.78 is 31.7. The number of rotatable bonds is 7. The number of carbonyl (C=O) groups excluding carboxylic acids is 1. The van der Waals surface area contributed by atoms with Crippen molar-refractivity contribution in [2.45, 2.75) is 51.5 Å². The van der Waals surface area contributed by atoms with Crippen molar-refractivity contribution in [3.05, 3.63) is 29.8 Å². The van der Waals surface area contributed by atoms with Gasteiger partial charge in [-0.3, -0.25) is 4.79 Å². The highest BCUT2D eigenvalue weighted by Gasteiger charge is 2.33. The predicted octanol–water partition coefficient (Wildman–Crippen LogP) is 3.15. The zero-order valence-corrected chi connectivity index (χ0v) is 14.1. The van der Waals surface area contributed by atoms with E-state index in [2.05, 4.69) is 5.32 Å². The maximum absolute atomic E-state index is 13.5. The van der Waals surface area contributed by atoms with Crippen LogP contribution in [0.4, 0.5) is 8.78 Å². The van der Waals surface area contributed by atoms with Crippen molar-refractivity contribution in [1.82, 2.24) is 5.32 Å². The van der Waals surface area contributed by atoms with Gasteiger partial charge >= 0.3 is 0 Å². The summed E-state index contributed by atoms with van der Waals surface area (Å²) in [5.74, 6) is -1.49. The lowest BCUT2D eigenvalue weighted by atomic mass is 9.71. The smallest absolute Gasteiger partial charge is 0.220 e. The van der Waals surface area contributed by atoms with Crippen LogP contribution in [0.2, 0.25) is 0 Å². The van der Waals surface area contributed by atoms with Crippen LogP contribution < -0.4 is 15.8 Å². The van der Waals surface area contributed by atoms with E-state index in [0.29, 0.717) is 13.0 Å². The molecule has 1 aliphatic carbocycles. The lowest BCUT2D eigenvalue weighted by molar-refractivity contribution is -0.124. The van der Waals surface area contributed by atoms with Crippen molar-refractivity contribution in [2.24, 2.45) is 11.1 Å². The maximum atomic E-state index is 13.5. The van der Waals surface area contributed by atoms with Gasteiger partial charge in [0, 0.05) is 12.5 Å². The molecule has 1 amide bonds. The lowest BCUT2D eigenvalue weighted by Crippen LogP contribution is -2.42. The maximum Gasteiger partial charge on any atom is 0.220 e. The first-order chi connectivity index (χ1) is 11.4. The fraction of sp³-hybridized carbons (Fsp3) is 0.611. The Morgan fingerprint density at radius 2 is 2.04 bits per heavy atom. The van der Waals surface area contributed by atoms with E-state index in [0.717, 1.165) is 37.8 Å². The molecule has 1 atom stereocenters. The average Bonchev–Trinajstić information content (AvgIpc) is 2.54. The van der Waals surface area contributed by atoms with Crippen LogP contribution in [0.5, 0.6) is 5.75 Å². The second-order valence-corrected chi connectivity index (χ2v) is 6.80. The predicted molar refractivity (Wildman–Crippen MR) is 88.6 cm³/mol. The molecule has 134 valence electrons. The van der Waals surface area contributed by atoms with Gasteiger partial charge in [-0.15, -0.1) is 0 Å². The summed E-state index contributed by atoms with van der Waals surface area (Å²) >= 11 is 0. The first-order valence-corrected chi connectivity index (χ1v) is 8.51. The Morgan fingerprint density at radius 1 is 1.33 bits per heavy atom. The summed E-state index contributed by atoms with van der Waals surface area (Å²) in [6, 6.07) is 2.87. The van der Waals surface area contributed by atoms with Crippen molar-refractivity contribution < 1.29 is 18.3 Å². The summed E-state index contributed by atoms with van der Waals surface area (Å²) in [4.78, 5) is 12.3. The Balaban J connectivity index is 1.80. The topological polar surface area (TPSA) is 64.3 Å². The molecule has 6 heteroatoms. The molecule has 2 rings (SSSR count). The van der Waals surface area contributed by atoms with Crippen LogP contribution in [0, 0.1) is 17.0 Å². The Labute approximate surface area is 141 Å². The fourth-order valence-electron chi connectivity index (χ4n) is 3.27. The standard InChI is InChI=1S/C18H26F2N2O2/c1-13(11-24-16-6-5-14(19)9-15(16)20)22-17(23)10-18(12-21)7-3-2-4-8-18/h5-6,9,13H,2-4,7-8,10-12,21H2,1H3,(H,22,23). The van der Waals surface area contributed by atoms with Crippen LogP contribution in [-0.2, 0) is 4.79 Å². The zero-order chi connectivity index (χ0) is 17.6. The van der Waals surface area contributed by atoms with E-state index in [-0.39, 0.29) is 29.7 Å². The summed E-state index contributed by atoms with van der Waals surface area (Å²) in [6.07, 6.45) is 5.83. The third-order valence-corrected chi connectivity index (χ3v) is 4.67. The number of hydrogen-bond donors (Lipinski definition) is 2. The summed E-state index contributed by atoms with van der Waals surface area (Å²) in [5, 5.41) is 2.87. The van der Waals surface area contributed by atoms with Gasteiger partial charge in [-0.1, -0.05) is 19.3 Å². The minimum atomic E-state index is -0.752. The van der Waals surface area contributed by atoms with Gasteiger partial charge in [-0.2, -0.15) is 0 Å². The van der Waals surface area contributed by atoms with Crippen molar-refractivity contribution in [1.29, 1.82) is 0 Å². The molecule has 1 aromatic carbocycles. The highest BCUT2D eigenvalue weighted by Crippen LogP contribution is 2.38. The van der Waals surface area contributed by atoms with Gasteiger partial charge in [0.05, 0.1) is 6.04 Å². The SMILES string of the molecule is CC(COc1ccc(F)cc1F)NC(=O)CC1(CN)CCCCC1. The minimum Gasteiger partial charge on any atom is -0.488 e. The second-order valence-electron chi connectivity index (χ2n) is 6.80. The van der Waals surface area contributed by atoms with E-state index in [1.54, 1.807) is 6.92 Å². The third kappa shape index (κ3) is 5.16. The van der Waals surface area contributed by atoms with E-state index in [1.807, 2.05) is 0 Å². The summed E-state index contributed by atoms with van der Waals surface area (Å²) in [7, 11) is 0. The second kappa shape index (κ2) is 8.42. The molecule has 24 heavy (non-hydrogen) atoms. The Morgan fingerprint density at radius 3 is 2.67 bits per heavy atom. The van der Waals surface area contributed by atoms with Crippen molar-refractivity contribution in [3.63, 3.8) is 0 Å². The molecule has 1 aliphatic rings. The molecule has 0 spiro atoms. The highest BCUT2D eigenvalue weighted by molar-refractivity contribution is 5.77. The van der Waals surface area contributed by atoms with E-state index < -0.39 is 11.6 Å². The van der Waals surface area contributed by atoms with Gasteiger partial charge in [0.25, 0.3) is 0 Å². The first kappa shape index (κ1) is 18.6. The highest BCUT2D eigenvalue weighted by atomic mass is 19.1. The van der Waals surface area contributed by atoms with Crippen LogP contribution in [0.1, 0.15) is 45.4 Å². The molecule has 4 nitrogen and oxygen atoms in total. The lowest BCUT2D eigenvalue weighted by Gasteiger charge is -2.36. The number of halogens is 2. The molecular weight excluding hydrogens is 314 g/mol. The molecule has 1 fully saturated rings. The minimum absolute atomic E-state index is 0.0248. The number of nitrogens with one attached hydrogen (secondary N) is 1. The van der Waals surface area contributed by atoms with Crippen molar-refractivity contribution in [2.75, 3.05) is 13.2 Å². The number of hydrogen-bond acceptors (Lipinski definition) is 3. The van der Waals surface area contributed by atoms with Gasteiger partial charge in [0.15, 0.2) is 11.6 Å². The van der Waals surface area contributed by atoms with Gasteiger partial charge < -0.3 is 15.8 Å². The molecular formula is C18H26F2N2O2. The molecule has 0 bridgehead atoms. The molecule has 1 aromatic rings. The van der Waals surface area contributed by atoms with Crippen LogP contribution in [0.15, 0.2) is 18.2 Å². The normalized spacial score (nSPS) is 18.0.